The van der Waals surface area contributed by atoms with E-state index in [0.29, 0.717) is 11.8 Å². The topological polar surface area (TPSA) is 0 Å². The van der Waals surface area contributed by atoms with Crippen LogP contribution in [0.25, 0.3) is 12.2 Å². The van der Waals surface area contributed by atoms with Gasteiger partial charge in [-0.1, -0.05) is 113 Å². The highest BCUT2D eigenvalue weighted by Gasteiger charge is 1.97. The lowest BCUT2D eigenvalue weighted by atomic mass is 10.0. The van der Waals surface area contributed by atoms with Crippen molar-refractivity contribution in [3.63, 3.8) is 0 Å². The summed E-state index contributed by atoms with van der Waals surface area (Å²) in [6, 6.07) is 17.7. The summed E-state index contributed by atoms with van der Waals surface area (Å²) in [6.45, 7) is 9.02. The first-order valence-electron chi connectivity index (χ1n) is 9.72. The molecule has 0 aliphatic rings. The molecule has 0 saturated heterocycles. The maximum atomic E-state index is 2.26. The minimum Gasteiger partial charge on any atom is -0.0625 e. The number of benzene rings is 2. The second-order valence-corrected chi connectivity index (χ2v) is 7.78. The van der Waals surface area contributed by atoms with Crippen LogP contribution in [0, 0.1) is 11.8 Å². The van der Waals surface area contributed by atoms with E-state index in [9.17, 15) is 0 Å². The van der Waals surface area contributed by atoms with Crippen LogP contribution in [-0.2, 0) is 12.8 Å². The first-order valence-corrected chi connectivity index (χ1v) is 9.72. The highest BCUT2D eigenvalue weighted by atomic mass is 14.0. The Labute approximate surface area is 160 Å². The molecule has 0 atom stereocenters. The maximum Gasteiger partial charge on any atom is -0.0256 e. The van der Waals surface area contributed by atoms with E-state index in [4.69, 9.17) is 0 Å². The highest BCUT2D eigenvalue weighted by Crippen LogP contribution is 2.12. The Morgan fingerprint density at radius 2 is 0.885 bits per heavy atom. The number of hydrogen-bond acceptors (Lipinski definition) is 0. The molecule has 0 amide bonds. The molecule has 0 saturated carbocycles. The molecule has 0 radical (unpaired) electrons. The molecule has 0 bridgehead atoms. The minimum atomic E-state index is 0.706. The van der Waals surface area contributed by atoms with Crippen molar-refractivity contribution in [2.75, 3.05) is 0 Å². The Morgan fingerprint density at radius 1 is 0.538 bits per heavy atom. The van der Waals surface area contributed by atoms with E-state index in [-0.39, 0.29) is 0 Å². The maximum absolute atomic E-state index is 2.26. The van der Waals surface area contributed by atoms with Gasteiger partial charge in [0.25, 0.3) is 0 Å². The van der Waals surface area contributed by atoms with Crippen LogP contribution in [0.15, 0.2) is 72.8 Å². The number of rotatable bonds is 8. The van der Waals surface area contributed by atoms with Crippen LogP contribution in [0.4, 0.5) is 0 Å². The molecule has 0 nitrogen and oxygen atoms in total. The predicted octanol–water partition coefficient (Wildman–Crippen LogP) is 7.37. The van der Waals surface area contributed by atoms with E-state index in [0.717, 1.165) is 12.8 Å². The van der Waals surface area contributed by atoms with Crippen molar-refractivity contribution in [1.29, 1.82) is 0 Å². The van der Waals surface area contributed by atoms with Gasteiger partial charge in [-0.25, -0.2) is 0 Å². The molecule has 0 heteroatoms. The van der Waals surface area contributed by atoms with Crippen molar-refractivity contribution in [1.82, 2.24) is 0 Å². The normalized spacial score (nSPS) is 12.4. The Bertz CT molecular complexity index is 657. The Balaban J connectivity index is 1.82. The molecule has 0 unspecified atom stereocenters. The van der Waals surface area contributed by atoms with Gasteiger partial charge in [0, 0.05) is 0 Å². The largest absolute Gasteiger partial charge is 0.0625 e. The Morgan fingerprint density at radius 3 is 1.19 bits per heavy atom. The average molecular weight is 345 g/mol. The van der Waals surface area contributed by atoms with Crippen LogP contribution in [0.1, 0.15) is 49.9 Å². The van der Waals surface area contributed by atoms with Gasteiger partial charge < -0.3 is 0 Å². The third-order valence-corrected chi connectivity index (χ3v) is 4.16. The van der Waals surface area contributed by atoms with E-state index >= 15 is 0 Å². The zero-order valence-electron chi connectivity index (χ0n) is 16.7. The second kappa shape index (κ2) is 10.6. The van der Waals surface area contributed by atoms with Crippen LogP contribution in [0.2, 0.25) is 0 Å². The molecule has 0 aliphatic heterocycles. The van der Waals surface area contributed by atoms with Crippen LogP contribution >= 0.6 is 0 Å². The standard InChI is InChI=1S/C26H32/c1-21(2)19-25-15-11-23(12-16-25)9-7-5-6-8-10-24-13-17-26(18-14-24)20-22(3)4/h5-18,21-22H,19-20H2,1-4H3/b6-5+,9-7+,10-8+. The quantitative estimate of drug-likeness (QED) is 0.439. The second-order valence-electron chi connectivity index (χ2n) is 7.78. The summed E-state index contributed by atoms with van der Waals surface area (Å²) in [6.07, 6.45) is 14.9. The van der Waals surface area contributed by atoms with E-state index in [1.807, 2.05) is 0 Å². The van der Waals surface area contributed by atoms with Crippen molar-refractivity contribution in [2.45, 2.75) is 40.5 Å². The Kier molecular flexibility index (Phi) is 8.15. The molecule has 26 heavy (non-hydrogen) atoms. The lowest BCUT2D eigenvalue weighted by molar-refractivity contribution is 0.647. The third-order valence-electron chi connectivity index (χ3n) is 4.16. The van der Waals surface area contributed by atoms with Crippen LogP contribution in [-0.4, -0.2) is 0 Å². The Hall–Kier alpha value is -2.34. The van der Waals surface area contributed by atoms with Gasteiger partial charge in [0.1, 0.15) is 0 Å². The van der Waals surface area contributed by atoms with Gasteiger partial charge in [-0.3, -0.25) is 0 Å². The molecule has 2 aromatic carbocycles. The molecular weight excluding hydrogens is 312 g/mol. The first-order chi connectivity index (χ1) is 12.5. The molecule has 2 aromatic rings. The molecular formula is C26H32. The van der Waals surface area contributed by atoms with E-state index < -0.39 is 0 Å². The molecule has 0 aliphatic carbocycles. The summed E-state index contributed by atoms with van der Waals surface area (Å²) in [5.74, 6) is 1.41. The molecule has 0 spiro atoms. The van der Waals surface area contributed by atoms with Crippen molar-refractivity contribution >= 4 is 12.2 Å². The lowest BCUT2D eigenvalue weighted by Gasteiger charge is -2.04. The monoisotopic (exact) mass is 344 g/mol. The van der Waals surface area contributed by atoms with Crippen molar-refractivity contribution in [3.8, 4) is 0 Å². The van der Waals surface area contributed by atoms with Gasteiger partial charge in [-0.15, -0.1) is 0 Å². The SMILES string of the molecule is CC(C)Cc1ccc(/C=C/C=C/C=C/c2ccc(CC(C)C)cc2)cc1. The summed E-state index contributed by atoms with van der Waals surface area (Å²) < 4.78 is 0. The van der Waals surface area contributed by atoms with Gasteiger partial charge in [0.05, 0.1) is 0 Å². The average Bonchev–Trinajstić information content (AvgIpc) is 2.60. The summed E-state index contributed by atoms with van der Waals surface area (Å²) >= 11 is 0. The lowest BCUT2D eigenvalue weighted by Crippen LogP contribution is -1.93. The van der Waals surface area contributed by atoms with E-state index in [1.54, 1.807) is 0 Å². The molecule has 136 valence electrons. The first kappa shape index (κ1) is 20.0. The molecule has 0 fully saturated rings. The van der Waals surface area contributed by atoms with E-state index in [2.05, 4.69) is 113 Å². The van der Waals surface area contributed by atoms with Gasteiger partial charge in [-0.2, -0.15) is 0 Å². The van der Waals surface area contributed by atoms with Gasteiger partial charge in [-0.05, 0) is 46.9 Å². The van der Waals surface area contributed by atoms with Gasteiger partial charge >= 0.3 is 0 Å². The zero-order chi connectivity index (χ0) is 18.8. The van der Waals surface area contributed by atoms with Crippen molar-refractivity contribution < 1.29 is 0 Å². The molecule has 0 N–H and O–H groups in total. The van der Waals surface area contributed by atoms with Crippen LogP contribution in [0.5, 0.6) is 0 Å². The molecule has 2 rings (SSSR count). The molecule has 0 heterocycles. The highest BCUT2D eigenvalue weighted by molar-refractivity contribution is 5.54. The summed E-state index contributed by atoms with van der Waals surface area (Å²) in [5.41, 5.74) is 5.31. The van der Waals surface area contributed by atoms with Crippen LogP contribution < -0.4 is 0 Å². The number of hydrogen-bond donors (Lipinski definition) is 0. The van der Waals surface area contributed by atoms with Crippen molar-refractivity contribution in [3.05, 3.63) is 95.1 Å². The smallest absolute Gasteiger partial charge is 0.0256 e. The van der Waals surface area contributed by atoms with E-state index in [1.165, 1.54) is 22.3 Å². The fourth-order valence-electron chi connectivity index (χ4n) is 2.93. The van der Waals surface area contributed by atoms with Crippen LogP contribution in [0.3, 0.4) is 0 Å². The minimum absolute atomic E-state index is 0.706. The van der Waals surface area contributed by atoms with Crippen molar-refractivity contribution in [2.24, 2.45) is 11.8 Å². The summed E-state index contributed by atoms with van der Waals surface area (Å²) in [5, 5.41) is 0. The fourth-order valence-corrected chi connectivity index (χ4v) is 2.93. The fraction of sp³-hybridized carbons (Fsp3) is 0.308. The zero-order valence-corrected chi connectivity index (χ0v) is 16.7. The third kappa shape index (κ3) is 7.70. The predicted molar refractivity (Wildman–Crippen MR) is 117 cm³/mol. The molecule has 0 aromatic heterocycles. The van der Waals surface area contributed by atoms with Gasteiger partial charge in [0.15, 0.2) is 0 Å². The summed E-state index contributed by atoms with van der Waals surface area (Å²) in [7, 11) is 0. The number of allylic oxidation sites excluding steroid dienone is 4. The summed E-state index contributed by atoms with van der Waals surface area (Å²) in [4.78, 5) is 0. The van der Waals surface area contributed by atoms with Gasteiger partial charge in [0.2, 0.25) is 0 Å².